The summed E-state index contributed by atoms with van der Waals surface area (Å²) in [6.07, 6.45) is 8.37. The SMILES string of the molecule is Cn1ccnc1COCC1(N)CCCC1. The molecule has 0 amide bonds. The summed E-state index contributed by atoms with van der Waals surface area (Å²) in [5, 5.41) is 0. The highest BCUT2D eigenvalue weighted by Gasteiger charge is 2.29. The average molecular weight is 209 g/mol. The van der Waals surface area contributed by atoms with Crippen molar-refractivity contribution in [2.24, 2.45) is 12.8 Å². The van der Waals surface area contributed by atoms with Crippen molar-refractivity contribution >= 4 is 0 Å². The normalized spacial score (nSPS) is 19.6. The van der Waals surface area contributed by atoms with Crippen LogP contribution in [0.1, 0.15) is 31.5 Å². The number of aromatic nitrogens is 2. The Kier molecular flexibility index (Phi) is 3.07. The Morgan fingerprint density at radius 3 is 2.87 bits per heavy atom. The van der Waals surface area contributed by atoms with Crippen molar-refractivity contribution in [2.75, 3.05) is 6.61 Å². The first-order valence-electron chi connectivity index (χ1n) is 5.52. The van der Waals surface area contributed by atoms with E-state index < -0.39 is 0 Å². The van der Waals surface area contributed by atoms with Gasteiger partial charge in [0.15, 0.2) is 0 Å². The van der Waals surface area contributed by atoms with Crippen LogP contribution in [0.25, 0.3) is 0 Å². The Balaban J connectivity index is 1.77. The van der Waals surface area contributed by atoms with Gasteiger partial charge in [0.25, 0.3) is 0 Å². The van der Waals surface area contributed by atoms with Gasteiger partial charge in [-0.1, -0.05) is 12.8 Å². The average Bonchev–Trinajstić information content (AvgIpc) is 2.78. The van der Waals surface area contributed by atoms with Crippen molar-refractivity contribution in [3.8, 4) is 0 Å². The van der Waals surface area contributed by atoms with E-state index in [1.807, 2.05) is 17.8 Å². The van der Waals surface area contributed by atoms with Crippen molar-refractivity contribution in [2.45, 2.75) is 37.8 Å². The Hall–Kier alpha value is -0.870. The molecule has 1 fully saturated rings. The molecule has 1 aromatic rings. The number of hydrogen-bond donors (Lipinski definition) is 1. The zero-order valence-electron chi connectivity index (χ0n) is 9.28. The van der Waals surface area contributed by atoms with Crippen molar-refractivity contribution in [3.63, 3.8) is 0 Å². The standard InChI is InChI=1S/C11H19N3O/c1-14-7-6-13-10(14)8-15-9-11(12)4-2-3-5-11/h6-7H,2-5,8-9,12H2,1H3. The van der Waals surface area contributed by atoms with E-state index >= 15 is 0 Å². The summed E-state index contributed by atoms with van der Waals surface area (Å²) >= 11 is 0. The van der Waals surface area contributed by atoms with Crippen molar-refractivity contribution in [1.29, 1.82) is 0 Å². The predicted octanol–water partition coefficient (Wildman–Crippen LogP) is 1.21. The van der Waals surface area contributed by atoms with Crippen LogP contribution < -0.4 is 5.73 Å². The van der Waals surface area contributed by atoms with Gasteiger partial charge in [-0.15, -0.1) is 0 Å². The molecule has 4 heteroatoms. The number of imidazole rings is 1. The number of hydrogen-bond acceptors (Lipinski definition) is 3. The largest absolute Gasteiger partial charge is 0.372 e. The van der Waals surface area contributed by atoms with Gasteiger partial charge in [-0.3, -0.25) is 0 Å². The van der Waals surface area contributed by atoms with Gasteiger partial charge in [0.2, 0.25) is 0 Å². The van der Waals surface area contributed by atoms with Crippen molar-refractivity contribution in [3.05, 3.63) is 18.2 Å². The number of nitrogens with zero attached hydrogens (tertiary/aromatic N) is 2. The van der Waals surface area contributed by atoms with Gasteiger partial charge < -0.3 is 15.0 Å². The van der Waals surface area contributed by atoms with Crippen LogP contribution in [0.5, 0.6) is 0 Å². The minimum atomic E-state index is -0.0782. The van der Waals surface area contributed by atoms with Gasteiger partial charge in [-0.05, 0) is 12.8 Å². The second-order valence-electron chi connectivity index (χ2n) is 4.52. The zero-order valence-corrected chi connectivity index (χ0v) is 9.28. The molecule has 0 spiro atoms. The third kappa shape index (κ3) is 2.58. The van der Waals surface area contributed by atoms with E-state index in [0.717, 1.165) is 18.7 Å². The summed E-state index contributed by atoms with van der Waals surface area (Å²) in [4.78, 5) is 4.20. The second-order valence-corrected chi connectivity index (χ2v) is 4.52. The molecule has 1 aliphatic carbocycles. The number of aryl methyl sites for hydroxylation is 1. The molecule has 2 rings (SSSR count). The van der Waals surface area contributed by atoms with Crippen molar-refractivity contribution < 1.29 is 4.74 Å². The Morgan fingerprint density at radius 1 is 1.53 bits per heavy atom. The Morgan fingerprint density at radius 2 is 2.27 bits per heavy atom. The van der Waals surface area contributed by atoms with Gasteiger partial charge in [0.1, 0.15) is 12.4 Å². The van der Waals surface area contributed by atoms with Crippen LogP contribution in [0.15, 0.2) is 12.4 Å². The molecule has 1 aliphatic rings. The molecular weight excluding hydrogens is 190 g/mol. The van der Waals surface area contributed by atoms with E-state index in [1.165, 1.54) is 12.8 Å². The molecule has 0 saturated heterocycles. The fourth-order valence-electron chi connectivity index (χ4n) is 2.10. The molecule has 1 saturated carbocycles. The molecule has 0 radical (unpaired) electrons. The first-order chi connectivity index (χ1) is 7.20. The topological polar surface area (TPSA) is 53.1 Å². The first kappa shape index (κ1) is 10.6. The number of ether oxygens (including phenoxy) is 1. The maximum absolute atomic E-state index is 6.18. The van der Waals surface area contributed by atoms with Crippen LogP contribution in [0.3, 0.4) is 0 Å². The lowest BCUT2D eigenvalue weighted by Crippen LogP contribution is -2.41. The summed E-state index contributed by atoms with van der Waals surface area (Å²) in [6.45, 7) is 1.21. The fraction of sp³-hybridized carbons (Fsp3) is 0.727. The van der Waals surface area contributed by atoms with Crippen LogP contribution in [0, 0.1) is 0 Å². The maximum atomic E-state index is 6.18. The second kappa shape index (κ2) is 4.33. The Bertz CT molecular complexity index is 315. The summed E-state index contributed by atoms with van der Waals surface area (Å²) < 4.78 is 7.61. The third-order valence-electron chi connectivity index (χ3n) is 3.14. The number of nitrogens with two attached hydrogens (primary N) is 1. The number of rotatable bonds is 4. The molecule has 84 valence electrons. The monoisotopic (exact) mass is 209 g/mol. The minimum Gasteiger partial charge on any atom is -0.372 e. The molecular formula is C11H19N3O. The van der Waals surface area contributed by atoms with Gasteiger partial charge in [0.05, 0.1) is 6.61 Å². The highest BCUT2D eigenvalue weighted by Crippen LogP contribution is 2.27. The van der Waals surface area contributed by atoms with E-state index in [0.29, 0.717) is 13.2 Å². The lowest BCUT2D eigenvalue weighted by molar-refractivity contribution is 0.0698. The molecule has 0 atom stereocenters. The van der Waals surface area contributed by atoms with Crippen LogP contribution in [-0.4, -0.2) is 21.7 Å². The van der Waals surface area contributed by atoms with E-state index in [4.69, 9.17) is 10.5 Å². The van der Waals surface area contributed by atoms with E-state index in [1.54, 1.807) is 6.20 Å². The zero-order chi connectivity index (χ0) is 10.7. The third-order valence-corrected chi connectivity index (χ3v) is 3.14. The van der Waals surface area contributed by atoms with Crippen LogP contribution in [0.4, 0.5) is 0 Å². The summed E-state index contributed by atoms with van der Waals surface area (Å²) in [5.74, 6) is 0.955. The summed E-state index contributed by atoms with van der Waals surface area (Å²) in [6, 6.07) is 0. The molecule has 15 heavy (non-hydrogen) atoms. The van der Waals surface area contributed by atoms with Gasteiger partial charge in [-0.25, -0.2) is 4.98 Å². The Labute approximate surface area is 90.4 Å². The predicted molar refractivity (Wildman–Crippen MR) is 58.3 cm³/mol. The summed E-state index contributed by atoms with van der Waals surface area (Å²) in [5.41, 5.74) is 6.11. The van der Waals surface area contributed by atoms with Gasteiger partial charge >= 0.3 is 0 Å². The highest BCUT2D eigenvalue weighted by atomic mass is 16.5. The quantitative estimate of drug-likeness (QED) is 0.811. The molecule has 1 aromatic heterocycles. The summed E-state index contributed by atoms with van der Waals surface area (Å²) in [7, 11) is 1.97. The molecule has 2 N–H and O–H groups in total. The van der Waals surface area contributed by atoms with E-state index in [2.05, 4.69) is 4.98 Å². The molecule has 1 heterocycles. The van der Waals surface area contributed by atoms with Crippen LogP contribution >= 0.6 is 0 Å². The molecule has 4 nitrogen and oxygen atoms in total. The molecule has 0 aromatic carbocycles. The van der Waals surface area contributed by atoms with Crippen molar-refractivity contribution in [1.82, 2.24) is 9.55 Å². The molecule has 0 bridgehead atoms. The van der Waals surface area contributed by atoms with E-state index in [9.17, 15) is 0 Å². The van der Waals surface area contributed by atoms with Gasteiger partial charge in [0, 0.05) is 25.0 Å². The minimum absolute atomic E-state index is 0.0782. The lowest BCUT2D eigenvalue weighted by Gasteiger charge is -2.22. The molecule has 0 aliphatic heterocycles. The lowest BCUT2D eigenvalue weighted by atomic mass is 10.0. The van der Waals surface area contributed by atoms with Gasteiger partial charge in [-0.2, -0.15) is 0 Å². The smallest absolute Gasteiger partial charge is 0.134 e. The molecule has 0 unspecified atom stereocenters. The van der Waals surface area contributed by atoms with Crippen LogP contribution in [-0.2, 0) is 18.4 Å². The highest BCUT2D eigenvalue weighted by molar-refractivity contribution is 4.91. The fourth-order valence-corrected chi connectivity index (χ4v) is 2.10. The first-order valence-corrected chi connectivity index (χ1v) is 5.52. The van der Waals surface area contributed by atoms with Crippen LogP contribution in [0.2, 0.25) is 0 Å². The maximum Gasteiger partial charge on any atom is 0.134 e. The van der Waals surface area contributed by atoms with E-state index in [-0.39, 0.29) is 5.54 Å².